The van der Waals surface area contributed by atoms with E-state index in [4.69, 9.17) is 9.84 Å². The van der Waals surface area contributed by atoms with Crippen LogP contribution in [0.5, 0.6) is 5.75 Å². The predicted molar refractivity (Wildman–Crippen MR) is 85.5 cm³/mol. The van der Waals surface area contributed by atoms with E-state index in [9.17, 15) is 4.79 Å². The lowest BCUT2D eigenvalue weighted by atomic mass is 10.1. The summed E-state index contributed by atoms with van der Waals surface area (Å²) in [6.07, 6.45) is 3.12. The molecule has 0 aliphatic carbocycles. The van der Waals surface area contributed by atoms with E-state index in [-0.39, 0.29) is 18.0 Å². The number of ether oxygens (including phenoxy) is 1. The number of hydrogen-bond donors (Lipinski definition) is 1. The SMILES string of the molecule is Cl.O=C(O)c1ccc(OCCCCc2ccccc2)cc1. The maximum atomic E-state index is 10.7. The van der Waals surface area contributed by atoms with E-state index in [0.717, 1.165) is 25.0 Å². The first kappa shape index (κ1) is 17.1. The maximum Gasteiger partial charge on any atom is 0.335 e. The molecule has 0 bridgehead atoms. The molecule has 0 aliphatic rings. The fourth-order valence-electron chi connectivity index (χ4n) is 1.96. The highest BCUT2D eigenvalue weighted by molar-refractivity contribution is 5.87. The van der Waals surface area contributed by atoms with E-state index in [2.05, 4.69) is 24.3 Å². The van der Waals surface area contributed by atoms with Gasteiger partial charge in [-0.3, -0.25) is 0 Å². The number of carboxylic acid groups (broad SMARTS) is 1. The van der Waals surface area contributed by atoms with Crippen molar-refractivity contribution >= 4 is 18.4 Å². The van der Waals surface area contributed by atoms with Gasteiger partial charge in [-0.15, -0.1) is 12.4 Å². The van der Waals surface area contributed by atoms with Gasteiger partial charge in [-0.25, -0.2) is 4.79 Å². The zero-order valence-corrected chi connectivity index (χ0v) is 12.5. The molecule has 0 saturated heterocycles. The number of unbranched alkanes of at least 4 members (excludes halogenated alkanes) is 1. The third-order valence-corrected chi connectivity index (χ3v) is 3.07. The zero-order chi connectivity index (χ0) is 14.2. The first-order valence-corrected chi connectivity index (χ1v) is 6.76. The molecule has 0 atom stereocenters. The Morgan fingerprint density at radius 2 is 1.62 bits per heavy atom. The Hall–Kier alpha value is -2.00. The largest absolute Gasteiger partial charge is 0.494 e. The van der Waals surface area contributed by atoms with Crippen LogP contribution in [0.4, 0.5) is 0 Å². The second-order valence-electron chi connectivity index (χ2n) is 4.62. The fourth-order valence-corrected chi connectivity index (χ4v) is 1.96. The van der Waals surface area contributed by atoms with Crippen LogP contribution in [0.25, 0.3) is 0 Å². The third-order valence-electron chi connectivity index (χ3n) is 3.07. The van der Waals surface area contributed by atoms with Crippen molar-refractivity contribution in [3.8, 4) is 5.75 Å². The smallest absolute Gasteiger partial charge is 0.335 e. The highest BCUT2D eigenvalue weighted by Gasteiger charge is 2.01. The van der Waals surface area contributed by atoms with E-state index in [1.54, 1.807) is 24.3 Å². The lowest BCUT2D eigenvalue weighted by Gasteiger charge is -2.06. The molecule has 0 spiro atoms. The molecular formula is C17H19ClO3. The molecular weight excluding hydrogens is 288 g/mol. The first-order valence-electron chi connectivity index (χ1n) is 6.76. The predicted octanol–water partition coefficient (Wildman–Crippen LogP) is 4.21. The number of hydrogen-bond acceptors (Lipinski definition) is 2. The van der Waals surface area contributed by atoms with Crippen LogP contribution in [0.3, 0.4) is 0 Å². The van der Waals surface area contributed by atoms with Gasteiger partial charge in [0.2, 0.25) is 0 Å². The monoisotopic (exact) mass is 306 g/mol. The average Bonchev–Trinajstić information content (AvgIpc) is 2.48. The van der Waals surface area contributed by atoms with Gasteiger partial charge < -0.3 is 9.84 Å². The zero-order valence-electron chi connectivity index (χ0n) is 11.7. The number of halogens is 1. The molecule has 4 heteroatoms. The molecule has 2 aromatic carbocycles. The van der Waals surface area contributed by atoms with Gasteiger partial charge in [0.05, 0.1) is 12.2 Å². The van der Waals surface area contributed by atoms with Crippen molar-refractivity contribution in [3.63, 3.8) is 0 Å². The van der Waals surface area contributed by atoms with Gasteiger partial charge in [-0.2, -0.15) is 0 Å². The number of rotatable bonds is 7. The average molecular weight is 307 g/mol. The summed E-state index contributed by atoms with van der Waals surface area (Å²) < 4.78 is 5.59. The summed E-state index contributed by atoms with van der Waals surface area (Å²) in [7, 11) is 0. The number of carbonyl (C=O) groups is 1. The first-order chi connectivity index (χ1) is 9.75. The van der Waals surface area contributed by atoms with Crippen LogP contribution in [0, 0.1) is 0 Å². The van der Waals surface area contributed by atoms with Crippen molar-refractivity contribution in [2.45, 2.75) is 19.3 Å². The van der Waals surface area contributed by atoms with Crippen LogP contribution in [0.1, 0.15) is 28.8 Å². The summed E-state index contributed by atoms with van der Waals surface area (Å²) in [5.74, 6) is -0.200. The highest BCUT2D eigenvalue weighted by atomic mass is 35.5. The minimum absolute atomic E-state index is 0. The topological polar surface area (TPSA) is 46.5 Å². The van der Waals surface area contributed by atoms with Crippen LogP contribution in [-0.4, -0.2) is 17.7 Å². The van der Waals surface area contributed by atoms with Crippen molar-refractivity contribution in [1.29, 1.82) is 0 Å². The normalized spacial score (nSPS) is 9.71. The Morgan fingerprint density at radius 1 is 0.952 bits per heavy atom. The van der Waals surface area contributed by atoms with E-state index in [0.29, 0.717) is 6.61 Å². The fraction of sp³-hybridized carbons (Fsp3) is 0.235. The van der Waals surface area contributed by atoms with Gasteiger partial charge in [-0.1, -0.05) is 30.3 Å². The summed E-state index contributed by atoms with van der Waals surface area (Å²) in [6.45, 7) is 0.652. The van der Waals surface area contributed by atoms with Crippen LogP contribution in [0.15, 0.2) is 54.6 Å². The molecule has 1 N–H and O–H groups in total. The second kappa shape index (κ2) is 9.03. The van der Waals surface area contributed by atoms with Gasteiger partial charge in [0.1, 0.15) is 5.75 Å². The van der Waals surface area contributed by atoms with Crippen LogP contribution in [-0.2, 0) is 6.42 Å². The summed E-state index contributed by atoms with van der Waals surface area (Å²) >= 11 is 0. The quantitative estimate of drug-likeness (QED) is 0.779. The third kappa shape index (κ3) is 5.88. The standard InChI is InChI=1S/C17H18O3.ClH/c18-17(19)15-9-11-16(12-10-15)20-13-5-4-8-14-6-2-1-3-7-14;/h1-3,6-7,9-12H,4-5,8,13H2,(H,18,19);1H. The number of aromatic carboxylic acids is 1. The lowest BCUT2D eigenvalue weighted by Crippen LogP contribution is -2.00. The molecule has 112 valence electrons. The number of benzene rings is 2. The molecule has 0 unspecified atom stereocenters. The Bertz CT molecular complexity index is 538. The number of aryl methyl sites for hydroxylation is 1. The molecule has 0 amide bonds. The molecule has 21 heavy (non-hydrogen) atoms. The van der Waals surface area contributed by atoms with Crippen molar-refractivity contribution < 1.29 is 14.6 Å². The van der Waals surface area contributed by atoms with Gasteiger partial charge in [-0.05, 0) is 49.1 Å². The Labute approximate surface area is 131 Å². The van der Waals surface area contributed by atoms with Gasteiger partial charge >= 0.3 is 5.97 Å². The van der Waals surface area contributed by atoms with E-state index in [1.165, 1.54) is 5.56 Å². The maximum absolute atomic E-state index is 10.7. The van der Waals surface area contributed by atoms with Gasteiger partial charge in [0, 0.05) is 0 Å². The van der Waals surface area contributed by atoms with E-state index >= 15 is 0 Å². The molecule has 0 aliphatic heterocycles. The Kier molecular flexibility index (Phi) is 7.33. The second-order valence-corrected chi connectivity index (χ2v) is 4.62. The minimum atomic E-state index is -0.917. The molecule has 0 fully saturated rings. The lowest BCUT2D eigenvalue weighted by molar-refractivity contribution is 0.0697. The summed E-state index contributed by atoms with van der Waals surface area (Å²) in [6, 6.07) is 16.9. The summed E-state index contributed by atoms with van der Waals surface area (Å²) in [5.41, 5.74) is 1.62. The van der Waals surface area contributed by atoms with Crippen LogP contribution < -0.4 is 4.74 Å². The van der Waals surface area contributed by atoms with Crippen molar-refractivity contribution in [1.82, 2.24) is 0 Å². The molecule has 2 aromatic rings. The van der Waals surface area contributed by atoms with Crippen molar-refractivity contribution in [2.24, 2.45) is 0 Å². The minimum Gasteiger partial charge on any atom is -0.494 e. The Balaban J connectivity index is 0.00000220. The molecule has 2 rings (SSSR count). The molecule has 0 heterocycles. The van der Waals surface area contributed by atoms with Gasteiger partial charge in [0.25, 0.3) is 0 Å². The van der Waals surface area contributed by atoms with E-state index in [1.807, 2.05) is 6.07 Å². The van der Waals surface area contributed by atoms with Crippen LogP contribution >= 0.6 is 12.4 Å². The van der Waals surface area contributed by atoms with Crippen LogP contribution in [0.2, 0.25) is 0 Å². The summed E-state index contributed by atoms with van der Waals surface area (Å²) in [4.78, 5) is 10.7. The molecule has 0 aromatic heterocycles. The summed E-state index contributed by atoms with van der Waals surface area (Å²) in [5, 5.41) is 8.79. The van der Waals surface area contributed by atoms with Gasteiger partial charge in [0.15, 0.2) is 0 Å². The molecule has 0 saturated carbocycles. The number of carboxylic acids is 1. The van der Waals surface area contributed by atoms with E-state index < -0.39 is 5.97 Å². The molecule has 0 radical (unpaired) electrons. The Morgan fingerprint density at radius 3 is 2.24 bits per heavy atom. The molecule has 3 nitrogen and oxygen atoms in total. The highest BCUT2D eigenvalue weighted by Crippen LogP contribution is 2.13. The van der Waals surface area contributed by atoms with Crippen molar-refractivity contribution in [3.05, 3.63) is 65.7 Å². The van der Waals surface area contributed by atoms with Crippen molar-refractivity contribution in [2.75, 3.05) is 6.61 Å².